The summed E-state index contributed by atoms with van der Waals surface area (Å²) in [7, 11) is 0. The molecule has 0 spiro atoms. The molecule has 1 N–H and O–H groups in total. The van der Waals surface area contributed by atoms with Crippen molar-refractivity contribution in [3.8, 4) is 0 Å². The van der Waals surface area contributed by atoms with Gasteiger partial charge in [0, 0.05) is 12.6 Å². The van der Waals surface area contributed by atoms with Crippen LogP contribution in [-0.4, -0.2) is 22.4 Å². The maximum atomic E-state index is 4.44. The first-order valence-corrected chi connectivity index (χ1v) is 8.13. The molecule has 0 aliphatic rings. The Bertz CT molecular complexity index is 379. The van der Waals surface area contributed by atoms with Crippen LogP contribution in [0.25, 0.3) is 0 Å². The van der Waals surface area contributed by atoms with Crippen molar-refractivity contribution in [3.63, 3.8) is 0 Å². The number of rotatable bonds is 7. The molecular formula is C15H28BrN3. The van der Waals surface area contributed by atoms with Gasteiger partial charge in [-0.1, -0.05) is 34.6 Å². The lowest BCUT2D eigenvalue weighted by Gasteiger charge is -2.31. The van der Waals surface area contributed by atoms with Crippen LogP contribution in [0.4, 0.5) is 0 Å². The fraction of sp³-hybridized carbons (Fsp3) is 0.800. The molecule has 0 saturated heterocycles. The minimum atomic E-state index is 0.290. The summed E-state index contributed by atoms with van der Waals surface area (Å²) in [5.41, 5.74) is 1.62. The third kappa shape index (κ3) is 4.92. The molecule has 0 saturated carbocycles. The Morgan fingerprint density at radius 2 is 2.05 bits per heavy atom. The largest absolute Gasteiger partial charge is 0.314 e. The van der Waals surface area contributed by atoms with Crippen LogP contribution in [0.5, 0.6) is 0 Å². The number of nitrogens with zero attached hydrogens (tertiary/aromatic N) is 2. The first-order valence-electron chi connectivity index (χ1n) is 7.33. The van der Waals surface area contributed by atoms with E-state index in [1.54, 1.807) is 0 Å². The van der Waals surface area contributed by atoms with Gasteiger partial charge in [-0.05, 0) is 47.2 Å². The molecule has 0 aromatic carbocycles. The van der Waals surface area contributed by atoms with E-state index in [2.05, 4.69) is 65.6 Å². The van der Waals surface area contributed by atoms with E-state index in [1.165, 1.54) is 5.69 Å². The van der Waals surface area contributed by atoms with Crippen molar-refractivity contribution in [1.82, 2.24) is 15.1 Å². The molecule has 1 unspecified atom stereocenters. The minimum Gasteiger partial charge on any atom is -0.314 e. The molecule has 1 aromatic heterocycles. The Labute approximate surface area is 126 Å². The Morgan fingerprint density at radius 1 is 1.37 bits per heavy atom. The van der Waals surface area contributed by atoms with Gasteiger partial charge in [-0.15, -0.1) is 0 Å². The normalized spacial score (nSPS) is 13.8. The van der Waals surface area contributed by atoms with Gasteiger partial charge >= 0.3 is 0 Å². The second kappa shape index (κ2) is 7.44. The van der Waals surface area contributed by atoms with E-state index in [-0.39, 0.29) is 5.41 Å². The molecule has 3 nitrogen and oxygen atoms in total. The number of aromatic nitrogens is 2. The van der Waals surface area contributed by atoms with Gasteiger partial charge in [0.25, 0.3) is 0 Å². The summed E-state index contributed by atoms with van der Waals surface area (Å²) in [5, 5.41) is 8.05. The third-order valence-corrected chi connectivity index (χ3v) is 4.16. The molecule has 1 aromatic rings. The van der Waals surface area contributed by atoms with E-state index in [9.17, 15) is 0 Å². The molecule has 0 amide bonds. The van der Waals surface area contributed by atoms with Crippen molar-refractivity contribution < 1.29 is 0 Å². The van der Waals surface area contributed by atoms with Gasteiger partial charge in [0.05, 0.1) is 16.4 Å². The van der Waals surface area contributed by atoms with Crippen LogP contribution in [0, 0.1) is 5.41 Å². The van der Waals surface area contributed by atoms with Crippen molar-refractivity contribution in [3.05, 3.63) is 16.4 Å². The zero-order valence-electron chi connectivity index (χ0n) is 13.0. The standard InChI is InChI=1S/C15H28BrN3/c1-6-10-19-13(12(16)11-18-19)8-9-14(17-7-2)15(3,4)5/h11,14,17H,6-10H2,1-5H3. The summed E-state index contributed by atoms with van der Waals surface area (Å²) >= 11 is 3.62. The lowest BCUT2D eigenvalue weighted by atomic mass is 9.83. The number of nitrogens with one attached hydrogen (secondary N) is 1. The lowest BCUT2D eigenvalue weighted by molar-refractivity contribution is 0.257. The molecule has 0 aliphatic carbocycles. The molecule has 19 heavy (non-hydrogen) atoms. The average molecular weight is 330 g/mol. The van der Waals surface area contributed by atoms with Gasteiger partial charge in [0.1, 0.15) is 0 Å². The molecule has 4 heteroatoms. The zero-order chi connectivity index (χ0) is 14.5. The van der Waals surface area contributed by atoms with Gasteiger partial charge in [-0.2, -0.15) is 5.10 Å². The number of hydrogen-bond donors (Lipinski definition) is 1. The zero-order valence-corrected chi connectivity index (χ0v) is 14.5. The third-order valence-electron chi connectivity index (χ3n) is 3.50. The van der Waals surface area contributed by atoms with Crippen molar-refractivity contribution in [2.75, 3.05) is 6.54 Å². The van der Waals surface area contributed by atoms with Gasteiger partial charge in [0.2, 0.25) is 0 Å². The van der Waals surface area contributed by atoms with Crippen molar-refractivity contribution in [2.45, 2.75) is 66.5 Å². The lowest BCUT2D eigenvalue weighted by Crippen LogP contribution is -2.40. The maximum Gasteiger partial charge on any atom is 0.0635 e. The molecule has 0 aliphatic heterocycles. The second-order valence-electron chi connectivity index (χ2n) is 6.18. The topological polar surface area (TPSA) is 29.9 Å². The van der Waals surface area contributed by atoms with Crippen LogP contribution >= 0.6 is 15.9 Å². The highest BCUT2D eigenvalue weighted by atomic mass is 79.9. The average Bonchev–Trinajstić information content (AvgIpc) is 2.65. The predicted octanol–water partition coefficient (Wildman–Crippen LogP) is 4.01. The second-order valence-corrected chi connectivity index (χ2v) is 7.03. The highest BCUT2D eigenvalue weighted by molar-refractivity contribution is 9.10. The monoisotopic (exact) mass is 329 g/mol. The first kappa shape index (κ1) is 16.7. The van der Waals surface area contributed by atoms with Crippen LogP contribution < -0.4 is 5.32 Å². The van der Waals surface area contributed by atoms with E-state index < -0.39 is 0 Å². The fourth-order valence-electron chi connectivity index (χ4n) is 2.41. The van der Waals surface area contributed by atoms with Gasteiger partial charge < -0.3 is 5.32 Å². The quantitative estimate of drug-likeness (QED) is 0.818. The number of halogens is 1. The Kier molecular flexibility index (Phi) is 6.54. The van der Waals surface area contributed by atoms with E-state index in [4.69, 9.17) is 0 Å². The van der Waals surface area contributed by atoms with E-state index >= 15 is 0 Å². The molecule has 0 bridgehead atoms. The van der Waals surface area contributed by atoms with Crippen LogP contribution in [0.1, 0.15) is 53.2 Å². The Hall–Kier alpha value is -0.350. The highest BCUT2D eigenvalue weighted by Gasteiger charge is 2.24. The SMILES string of the molecule is CCCn1ncc(Br)c1CCC(NCC)C(C)(C)C. The van der Waals surface area contributed by atoms with Crippen LogP contribution in [0.2, 0.25) is 0 Å². The van der Waals surface area contributed by atoms with Crippen molar-refractivity contribution >= 4 is 15.9 Å². The maximum absolute atomic E-state index is 4.44. The molecule has 0 fully saturated rings. The number of aryl methyl sites for hydroxylation is 1. The molecule has 1 heterocycles. The summed E-state index contributed by atoms with van der Waals surface area (Å²) in [5.74, 6) is 0. The molecule has 0 radical (unpaired) electrons. The summed E-state index contributed by atoms with van der Waals surface area (Å²) in [6.07, 6.45) is 5.25. The van der Waals surface area contributed by atoms with Gasteiger partial charge in [0.15, 0.2) is 0 Å². The molecule has 1 rings (SSSR count). The van der Waals surface area contributed by atoms with Crippen molar-refractivity contribution in [1.29, 1.82) is 0 Å². The summed E-state index contributed by atoms with van der Waals surface area (Å²) in [6.45, 7) is 13.3. The van der Waals surface area contributed by atoms with E-state index in [0.29, 0.717) is 6.04 Å². The molecule has 110 valence electrons. The van der Waals surface area contributed by atoms with Crippen LogP contribution in [-0.2, 0) is 13.0 Å². The van der Waals surface area contributed by atoms with E-state index in [0.717, 1.165) is 36.8 Å². The van der Waals surface area contributed by atoms with Crippen LogP contribution in [0.15, 0.2) is 10.7 Å². The predicted molar refractivity (Wildman–Crippen MR) is 85.5 cm³/mol. The van der Waals surface area contributed by atoms with Gasteiger partial charge in [-0.3, -0.25) is 4.68 Å². The summed E-state index contributed by atoms with van der Waals surface area (Å²) in [6, 6.07) is 0.536. The van der Waals surface area contributed by atoms with Crippen molar-refractivity contribution in [2.24, 2.45) is 5.41 Å². The number of hydrogen-bond acceptors (Lipinski definition) is 2. The van der Waals surface area contributed by atoms with E-state index in [1.807, 2.05) is 6.20 Å². The van der Waals surface area contributed by atoms with Crippen LogP contribution in [0.3, 0.4) is 0 Å². The summed E-state index contributed by atoms with van der Waals surface area (Å²) < 4.78 is 3.28. The fourth-order valence-corrected chi connectivity index (χ4v) is 2.90. The highest BCUT2D eigenvalue weighted by Crippen LogP contribution is 2.25. The minimum absolute atomic E-state index is 0.290. The Morgan fingerprint density at radius 3 is 2.58 bits per heavy atom. The first-order chi connectivity index (χ1) is 8.90. The Balaban J connectivity index is 2.71. The molecular weight excluding hydrogens is 302 g/mol. The molecule has 1 atom stereocenters. The summed E-state index contributed by atoms with van der Waals surface area (Å²) in [4.78, 5) is 0. The smallest absolute Gasteiger partial charge is 0.0635 e. The van der Waals surface area contributed by atoms with Gasteiger partial charge in [-0.25, -0.2) is 0 Å².